The molecule has 6 nitrogen and oxygen atoms in total. The van der Waals surface area contributed by atoms with Crippen molar-refractivity contribution in [3.63, 3.8) is 0 Å². The second-order valence-electron chi connectivity index (χ2n) is 5.87. The molecule has 0 rings (SSSR count). The molecule has 0 radical (unpaired) electrons. The third-order valence-corrected chi connectivity index (χ3v) is 3.27. The Morgan fingerprint density at radius 3 is 2.21 bits per heavy atom. The van der Waals surface area contributed by atoms with Crippen molar-refractivity contribution < 1.29 is 29.9 Å². The van der Waals surface area contributed by atoms with Gasteiger partial charge in [-0.25, -0.2) is 0 Å². The van der Waals surface area contributed by atoms with Gasteiger partial charge in [0.05, 0.1) is 26.4 Å². The number of ether oxygens (including phenoxy) is 2. The maximum Gasteiger partial charge on any atom is 0.122 e. The fraction of sp³-hybridized carbons (Fsp3) is 0.778. The van der Waals surface area contributed by atoms with Crippen LogP contribution in [0.5, 0.6) is 0 Å². The van der Waals surface area contributed by atoms with Crippen molar-refractivity contribution in [1.29, 1.82) is 0 Å². The highest BCUT2D eigenvalue weighted by atomic mass is 16.5. The molecule has 6 heteroatoms. The van der Waals surface area contributed by atoms with Crippen LogP contribution in [0.1, 0.15) is 40.0 Å². The highest BCUT2D eigenvalue weighted by Crippen LogP contribution is 2.15. The van der Waals surface area contributed by atoms with E-state index in [0.717, 1.165) is 0 Å². The quantitative estimate of drug-likeness (QED) is 0.331. The van der Waals surface area contributed by atoms with Gasteiger partial charge in [0.2, 0.25) is 0 Å². The maximum absolute atomic E-state index is 10.3. The fourth-order valence-electron chi connectivity index (χ4n) is 1.57. The molecule has 0 aromatic rings. The molecule has 0 saturated heterocycles. The van der Waals surface area contributed by atoms with Crippen LogP contribution in [0.15, 0.2) is 0 Å². The van der Waals surface area contributed by atoms with Crippen LogP contribution in [-0.4, -0.2) is 70.8 Å². The Labute approximate surface area is 144 Å². The molecular weight excluding hydrogens is 312 g/mol. The Morgan fingerprint density at radius 1 is 1.00 bits per heavy atom. The van der Waals surface area contributed by atoms with Crippen molar-refractivity contribution in [2.75, 3.05) is 33.0 Å². The second-order valence-corrected chi connectivity index (χ2v) is 5.87. The average molecular weight is 342 g/mol. The Morgan fingerprint density at radius 2 is 1.62 bits per heavy atom. The minimum absolute atomic E-state index is 0.0603. The van der Waals surface area contributed by atoms with E-state index < -0.39 is 17.3 Å². The third kappa shape index (κ3) is 12.3. The lowest BCUT2D eigenvalue weighted by Crippen LogP contribution is -2.27. The first kappa shape index (κ1) is 22.9. The second kappa shape index (κ2) is 12.3. The van der Waals surface area contributed by atoms with E-state index in [-0.39, 0.29) is 33.0 Å². The molecule has 0 aliphatic carbocycles. The monoisotopic (exact) mass is 342 g/mol. The largest absolute Gasteiger partial charge is 0.394 e. The Kier molecular flexibility index (Phi) is 11.7. The molecule has 0 amide bonds. The van der Waals surface area contributed by atoms with Crippen molar-refractivity contribution in [2.24, 2.45) is 0 Å². The smallest absolute Gasteiger partial charge is 0.122 e. The van der Waals surface area contributed by atoms with Crippen molar-refractivity contribution in [3.8, 4) is 23.7 Å². The molecule has 3 unspecified atom stereocenters. The average Bonchev–Trinajstić information content (AvgIpc) is 2.55. The van der Waals surface area contributed by atoms with E-state index in [9.17, 15) is 10.2 Å². The van der Waals surface area contributed by atoms with Crippen LogP contribution in [0, 0.1) is 23.7 Å². The highest BCUT2D eigenvalue weighted by molar-refractivity contribution is 5.19. The molecule has 4 N–H and O–H groups in total. The third-order valence-electron chi connectivity index (χ3n) is 3.27. The summed E-state index contributed by atoms with van der Waals surface area (Å²) in [5.74, 6) is 11.0. The molecule has 0 fully saturated rings. The molecule has 138 valence electrons. The lowest BCUT2D eigenvalue weighted by Gasteiger charge is -2.20. The first-order chi connectivity index (χ1) is 11.3. The van der Waals surface area contributed by atoms with Crippen LogP contribution in [-0.2, 0) is 9.47 Å². The normalized spacial score (nSPS) is 16.8. The minimum atomic E-state index is -1.27. The molecular formula is C18H30O6. The summed E-state index contributed by atoms with van der Waals surface area (Å²) in [4.78, 5) is 0. The summed E-state index contributed by atoms with van der Waals surface area (Å²) < 4.78 is 10.5. The predicted molar refractivity (Wildman–Crippen MR) is 91.1 cm³/mol. The van der Waals surface area contributed by atoms with E-state index in [2.05, 4.69) is 23.7 Å². The van der Waals surface area contributed by atoms with Crippen LogP contribution in [0.2, 0.25) is 0 Å². The first-order valence-electron chi connectivity index (χ1n) is 8.15. The predicted octanol–water partition coefficient (Wildman–Crippen LogP) is 0.0718. The minimum Gasteiger partial charge on any atom is -0.394 e. The van der Waals surface area contributed by atoms with Crippen molar-refractivity contribution in [1.82, 2.24) is 0 Å². The molecule has 0 saturated carbocycles. The Bertz CT molecular complexity index is 450. The lowest BCUT2D eigenvalue weighted by atomic mass is 9.96. The van der Waals surface area contributed by atoms with Crippen LogP contribution < -0.4 is 0 Å². The van der Waals surface area contributed by atoms with Gasteiger partial charge in [0.15, 0.2) is 0 Å². The zero-order chi connectivity index (χ0) is 18.5. The van der Waals surface area contributed by atoms with Crippen LogP contribution in [0.4, 0.5) is 0 Å². The van der Waals surface area contributed by atoms with Crippen molar-refractivity contribution >= 4 is 0 Å². The van der Waals surface area contributed by atoms with E-state index in [1.165, 1.54) is 0 Å². The van der Waals surface area contributed by atoms with Gasteiger partial charge in [0.25, 0.3) is 0 Å². The van der Waals surface area contributed by atoms with E-state index in [1.807, 2.05) is 6.92 Å². The van der Waals surface area contributed by atoms with Crippen LogP contribution in [0.25, 0.3) is 0 Å². The van der Waals surface area contributed by atoms with Gasteiger partial charge in [0, 0.05) is 0 Å². The SMILES string of the molecule is CCC(C)(O)C#CC(C)(O)CCC(C#CCOCCO)OCCO. The molecule has 0 aliphatic heterocycles. The highest BCUT2D eigenvalue weighted by Gasteiger charge is 2.21. The Balaban J connectivity index is 4.61. The number of aliphatic hydroxyl groups is 4. The van der Waals surface area contributed by atoms with Gasteiger partial charge in [-0.15, -0.1) is 0 Å². The zero-order valence-corrected chi connectivity index (χ0v) is 14.8. The van der Waals surface area contributed by atoms with E-state index >= 15 is 0 Å². The van der Waals surface area contributed by atoms with E-state index in [4.69, 9.17) is 19.7 Å². The Hall–Kier alpha value is -1.12. The summed E-state index contributed by atoms with van der Waals surface area (Å²) in [6.45, 7) is 5.36. The van der Waals surface area contributed by atoms with Gasteiger partial charge in [-0.3, -0.25) is 0 Å². The summed E-state index contributed by atoms with van der Waals surface area (Å²) in [6.07, 6.45) is 0.734. The zero-order valence-electron chi connectivity index (χ0n) is 14.8. The van der Waals surface area contributed by atoms with Crippen molar-refractivity contribution in [3.05, 3.63) is 0 Å². The van der Waals surface area contributed by atoms with Crippen LogP contribution in [0.3, 0.4) is 0 Å². The summed E-state index contributed by atoms with van der Waals surface area (Å²) in [7, 11) is 0. The van der Waals surface area contributed by atoms with Gasteiger partial charge in [-0.05, 0) is 33.1 Å². The van der Waals surface area contributed by atoms with E-state index in [0.29, 0.717) is 19.3 Å². The van der Waals surface area contributed by atoms with Gasteiger partial charge in [0.1, 0.15) is 23.9 Å². The number of hydrogen-bond donors (Lipinski definition) is 4. The maximum atomic E-state index is 10.3. The van der Waals surface area contributed by atoms with Gasteiger partial charge >= 0.3 is 0 Å². The molecule has 0 aromatic heterocycles. The number of aliphatic hydroxyl groups excluding tert-OH is 2. The van der Waals surface area contributed by atoms with Gasteiger partial charge in [-0.1, -0.05) is 30.6 Å². The summed E-state index contributed by atoms with van der Waals surface area (Å²) in [5.41, 5.74) is -2.39. The summed E-state index contributed by atoms with van der Waals surface area (Å²) >= 11 is 0. The summed E-state index contributed by atoms with van der Waals surface area (Å²) in [6, 6.07) is 0. The standard InChI is InChI=1S/C18H30O6/c1-4-17(2,21)9-10-18(3,22)8-7-16(24-15-12-20)6-5-13-23-14-11-19/h16,19-22H,4,7-8,11-15H2,1-3H3. The topological polar surface area (TPSA) is 99.4 Å². The van der Waals surface area contributed by atoms with Crippen molar-refractivity contribution in [2.45, 2.75) is 57.3 Å². The molecule has 0 bridgehead atoms. The molecule has 0 spiro atoms. The number of rotatable bonds is 10. The summed E-state index contributed by atoms with van der Waals surface area (Å²) in [5, 5.41) is 37.6. The van der Waals surface area contributed by atoms with Gasteiger partial charge < -0.3 is 29.9 Å². The van der Waals surface area contributed by atoms with E-state index in [1.54, 1.807) is 13.8 Å². The van der Waals surface area contributed by atoms with Crippen LogP contribution >= 0.6 is 0 Å². The lowest BCUT2D eigenvalue weighted by molar-refractivity contribution is 0.0362. The molecule has 3 atom stereocenters. The number of hydrogen-bond acceptors (Lipinski definition) is 6. The fourth-order valence-corrected chi connectivity index (χ4v) is 1.57. The first-order valence-corrected chi connectivity index (χ1v) is 8.15. The molecule has 0 aliphatic rings. The molecule has 0 aromatic carbocycles. The molecule has 24 heavy (non-hydrogen) atoms. The molecule has 0 heterocycles. The van der Waals surface area contributed by atoms with Gasteiger partial charge in [-0.2, -0.15) is 0 Å².